The van der Waals surface area contributed by atoms with E-state index >= 15 is 0 Å². The van der Waals surface area contributed by atoms with Crippen LogP contribution in [-0.4, -0.2) is 20.7 Å². The number of carbonyl (C=O) groups is 1. The van der Waals surface area contributed by atoms with Gasteiger partial charge in [-0.05, 0) is 19.1 Å². The zero-order chi connectivity index (χ0) is 10.7. The Morgan fingerprint density at radius 2 is 2.13 bits per heavy atom. The molecule has 0 atom stereocenters. The second-order valence-corrected chi connectivity index (χ2v) is 3.36. The van der Waals surface area contributed by atoms with Crippen LogP contribution in [0.2, 0.25) is 0 Å². The molecule has 0 amide bonds. The third-order valence-corrected chi connectivity index (χ3v) is 2.04. The maximum Gasteiger partial charge on any atom is 0.137 e. The summed E-state index contributed by atoms with van der Waals surface area (Å²) in [6, 6.07) is 3.79. The first kappa shape index (κ1) is 9.58. The summed E-state index contributed by atoms with van der Waals surface area (Å²) in [6.07, 6.45) is 5.53. The molecule has 2 heterocycles. The normalized spacial score (nSPS) is 10.2. The molecule has 0 aromatic carbocycles. The number of nitrogens with zero attached hydrogens (tertiary/aromatic N) is 2. The van der Waals surface area contributed by atoms with Gasteiger partial charge in [-0.3, -0.25) is 9.78 Å². The van der Waals surface area contributed by atoms with Gasteiger partial charge in [0.25, 0.3) is 0 Å². The van der Waals surface area contributed by atoms with Gasteiger partial charge in [-0.25, -0.2) is 4.98 Å². The van der Waals surface area contributed by atoms with Crippen LogP contribution < -0.4 is 0 Å². The molecule has 4 heteroatoms. The lowest BCUT2D eigenvalue weighted by Gasteiger charge is -1.95. The van der Waals surface area contributed by atoms with E-state index < -0.39 is 0 Å². The number of carbonyl (C=O) groups excluding carboxylic acids is 1. The number of rotatable bonds is 3. The molecule has 2 aromatic rings. The summed E-state index contributed by atoms with van der Waals surface area (Å²) >= 11 is 0. The van der Waals surface area contributed by atoms with Crippen LogP contribution in [0.5, 0.6) is 0 Å². The van der Waals surface area contributed by atoms with E-state index in [4.69, 9.17) is 0 Å². The van der Waals surface area contributed by atoms with Crippen LogP contribution in [-0.2, 0) is 11.2 Å². The Labute approximate surface area is 87.4 Å². The highest BCUT2D eigenvalue weighted by atomic mass is 16.1. The van der Waals surface area contributed by atoms with Gasteiger partial charge in [-0.1, -0.05) is 0 Å². The Morgan fingerprint density at radius 3 is 2.80 bits per heavy atom. The standard InChI is InChI=1S/C11H11N3O/c1-8(15)6-11-13-7-10(14-11)9-2-4-12-5-3-9/h2-5,7H,6H2,1H3,(H,13,14). The summed E-state index contributed by atoms with van der Waals surface area (Å²) in [4.78, 5) is 22.1. The predicted octanol–water partition coefficient (Wildman–Crippen LogP) is 1.60. The Hall–Kier alpha value is -1.97. The Kier molecular flexibility index (Phi) is 2.58. The molecular weight excluding hydrogens is 190 g/mol. The van der Waals surface area contributed by atoms with Crippen LogP contribution in [0.1, 0.15) is 12.7 Å². The van der Waals surface area contributed by atoms with Gasteiger partial charge in [0, 0.05) is 18.0 Å². The zero-order valence-electron chi connectivity index (χ0n) is 8.40. The van der Waals surface area contributed by atoms with Crippen molar-refractivity contribution in [2.45, 2.75) is 13.3 Å². The van der Waals surface area contributed by atoms with Crippen LogP contribution >= 0.6 is 0 Å². The van der Waals surface area contributed by atoms with Gasteiger partial charge in [0.05, 0.1) is 18.3 Å². The first-order valence-corrected chi connectivity index (χ1v) is 4.69. The van der Waals surface area contributed by atoms with E-state index in [0.29, 0.717) is 12.2 Å². The molecule has 2 aromatic heterocycles. The van der Waals surface area contributed by atoms with E-state index in [1.54, 1.807) is 25.5 Å². The van der Waals surface area contributed by atoms with Crippen LogP contribution in [0.25, 0.3) is 11.3 Å². The van der Waals surface area contributed by atoms with Crippen molar-refractivity contribution < 1.29 is 4.79 Å². The van der Waals surface area contributed by atoms with E-state index in [2.05, 4.69) is 15.0 Å². The number of imidazole rings is 1. The van der Waals surface area contributed by atoms with Crippen molar-refractivity contribution >= 4 is 5.78 Å². The van der Waals surface area contributed by atoms with Crippen LogP contribution in [0.4, 0.5) is 0 Å². The summed E-state index contributed by atoms with van der Waals surface area (Å²) in [5, 5.41) is 0. The summed E-state index contributed by atoms with van der Waals surface area (Å²) in [6.45, 7) is 1.55. The minimum Gasteiger partial charge on any atom is -0.342 e. The quantitative estimate of drug-likeness (QED) is 0.820. The zero-order valence-corrected chi connectivity index (χ0v) is 8.40. The number of pyridine rings is 1. The lowest BCUT2D eigenvalue weighted by molar-refractivity contribution is -0.116. The van der Waals surface area contributed by atoms with Crippen molar-refractivity contribution in [2.24, 2.45) is 0 Å². The highest BCUT2D eigenvalue weighted by Gasteiger charge is 2.04. The lowest BCUT2D eigenvalue weighted by atomic mass is 10.2. The number of aromatic amines is 1. The van der Waals surface area contributed by atoms with Gasteiger partial charge in [0.2, 0.25) is 0 Å². The fourth-order valence-corrected chi connectivity index (χ4v) is 1.37. The lowest BCUT2D eigenvalue weighted by Crippen LogP contribution is -1.97. The van der Waals surface area contributed by atoms with Crippen molar-refractivity contribution in [3.63, 3.8) is 0 Å². The molecular formula is C11H11N3O. The van der Waals surface area contributed by atoms with Crippen LogP contribution in [0.15, 0.2) is 30.7 Å². The number of aromatic nitrogens is 3. The van der Waals surface area contributed by atoms with Crippen LogP contribution in [0, 0.1) is 0 Å². The van der Waals surface area contributed by atoms with E-state index in [1.807, 2.05) is 12.1 Å². The number of hydrogen-bond acceptors (Lipinski definition) is 3. The fourth-order valence-electron chi connectivity index (χ4n) is 1.37. The summed E-state index contributed by atoms with van der Waals surface area (Å²) in [5.74, 6) is 0.806. The maximum absolute atomic E-state index is 10.9. The highest BCUT2D eigenvalue weighted by Crippen LogP contribution is 2.15. The molecule has 0 aliphatic carbocycles. The number of nitrogens with one attached hydrogen (secondary N) is 1. The van der Waals surface area contributed by atoms with E-state index in [1.165, 1.54) is 0 Å². The number of Topliss-reactive ketones (excluding diaryl/α,β-unsaturated/α-hetero) is 1. The SMILES string of the molecule is CC(=O)Cc1ncc(-c2ccncc2)[nH]1. The van der Waals surface area contributed by atoms with Gasteiger partial charge in [-0.2, -0.15) is 0 Å². The number of hydrogen-bond donors (Lipinski definition) is 1. The van der Waals surface area contributed by atoms with Crippen molar-refractivity contribution in [3.05, 3.63) is 36.5 Å². The monoisotopic (exact) mass is 201 g/mol. The predicted molar refractivity (Wildman–Crippen MR) is 56.2 cm³/mol. The average Bonchev–Trinajstić information content (AvgIpc) is 2.67. The molecule has 0 bridgehead atoms. The van der Waals surface area contributed by atoms with Gasteiger partial charge >= 0.3 is 0 Å². The molecule has 0 saturated heterocycles. The molecule has 0 radical (unpaired) electrons. The average molecular weight is 201 g/mol. The fraction of sp³-hybridized carbons (Fsp3) is 0.182. The van der Waals surface area contributed by atoms with E-state index in [-0.39, 0.29) is 5.78 Å². The number of ketones is 1. The molecule has 1 N–H and O–H groups in total. The Morgan fingerprint density at radius 1 is 1.40 bits per heavy atom. The minimum atomic E-state index is 0.102. The molecule has 76 valence electrons. The number of H-pyrrole nitrogens is 1. The maximum atomic E-state index is 10.9. The molecule has 0 spiro atoms. The molecule has 0 aliphatic heterocycles. The largest absolute Gasteiger partial charge is 0.342 e. The second kappa shape index (κ2) is 4.04. The van der Waals surface area contributed by atoms with Crippen molar-refractivity contribution in [1.82, 2.24) is 15.0 Å². The molecule has 2 rings (SSSR count). The molecule has 0 saturated carbocycles. The van der Waals surface area contributed by atoms with Gasteiger partial charge < -0.3 is 4.98 Å². The molecule has 0 fully saturated rings. The molecule has 15 heavy (non-hydrogen) atoms. The Bertz CT molecular complexity index is 462. The van der Waals surface area contributed by atoms with Gasteiger partial charge in [-0.15, -0.1) is 0 Å². The minimum absolute atomic E-state index is 0.102. The van der Waals surface area contributed by atoms with Crippen molar-refractivity contribution in [1.29, 1.82) is 0 Å². The van der Waals surface area contributed by atoms with Gasteiger partial charge in [0.1, 0.15) is 11.6 Å². The summed E-state index contributed by atoms with van der Waals surface area (Å²) in [5.41, 5.74) is 1.93. The third-order valence-electron chi connectivity index (χ3n) is 2.04. The first-order chi connectivity index (χ1) is 7.25. The van der Waals surface area contributed by atoms with Gasteiger partial charge in [0.15, 0.2) is 0 Å². The van der Waals surface area contributed by atoms with Crippen molar-refractivity contribution in [2.75, 3.05) is 0 Å². The topological polar surface area (TPSA) is 58.6 Å². The highest BCUT2D eigenvalue weighted by molar-refractivity contribution is 5.77. The van der Waals surface area contributed by atoms with Crippen LogP contribution in [0.3, 0.4) is 0 Å². The molecule has 0 unspecified atom stereocenters. The second-order valence-electron chi connectivity index (χ2n) is 3.36. The van der Waals surface area contributed by atoms with E-state index in [0.717, 1.165) is 11.3 Å². The Balaban J connectivity index is 2.24. The summed E-state index contributed by atoms with van der Waals surface area (Å²) < 4.78 is 0. The molecule has 0 aliphatic rings. The molecule has 4 nitrogen and oxygen atoms in total. The first-order valence-electron chi connectivity index (χ1n) is 4.69. The third kappa shape index (κ3) is 2.28. The van der Waals surface area contributed by atoms with E-state index in [9.17, 15) is 4.79 Å². The van der Waals surface area contributed by atoms with Crippen molar-refractivity contribution in [3.8, 4) is 11.3 Å². The summed E-state index contributed by atoms with van der Waals surface area (Å²) in [7, 11) is 0. The smallest absolute Gasteiger partial charge is 0.137 e.